The van der Waals surface area contributed by atoms with Crippen molar-refractivity contribution in [2.45, 2.75) is 37.8 Å². The van der Waals surface area contributed by atoms with Gasteiger partial charge in [0.1, 0.15) is 5.92 Å². The Morgan fingerprint density at radius 2 is 2.29 bits per heavy atom. The third kappa shape index (κ3) is 1.03. The van der Waals surface area contributed by atoms with Gasteiger partial charge in [0.25, 0.3) is 0 Å². The van der Waals surface area contributed by atoms with Crippen LogP contribution in [0.3, 0.4) is 0 Å². The van der Waals surface area contributed by atoms with E-state index in [1.54, 1.807) is 0 Å². The molecule has 0 saturated carbocycles. The van der Waals surface area contributed by atoms with Crippen molar-refractivity contribution < 1.29 is 14.7 Å². The first-order valence-corrected chi connectivity index (χ1v) is 4.95. The maximum Gasteiger partial charge on any atom is 0.315 e. The minimum absolute atomic E-state index is 0.0967. The molecule has 0 radical (unpaired) electrons. The highest BCUT2D eigenvalue weighted by atomic mass is 16.4. The first-order valence-electron chi connectivity index (χ1n) is 4.95. The second-order valence-corrected chi connectivity index (χ2v) is 4.60. The zero-order valence-corrected chi connectivity index (χ0v) is 8.49. The predicted octanol–water partition coefficient (Wildman–Crippen LogP) is 0.513. The number of Topliss-reactive ketones (excluding diaryl/α,β-unsaturated/α-hetero) is 1. The summed E-state index contributed by atoms with van der Waals surface area (Å²) in [6.07, 6.45) is 2.17. The minimum atomic E-state index is -0.968. The van der Waals surface area contributed by atoms with Crippen LogP contribution in [0.25, 0.3) is 0 Å². The summed E-state index contributed by atoms with van der Waals surface area (Å²) in [5.74, 6) is -1.89. The monoisotopic (exact) mass is 197 g/mol. The third-order valence-corrected chi connectivity index (χ3v) is 3.96. The van der Waals surface area contributed by atoms with E-state index in [9.17, 15) is 9.59 Å². The van der Waals surface area contributed by atoms with E-state index in [0.717, 1.165) is 12.8 Å². The Bertz CT molecular complexity index is 302. The van der Waals surface area contributed by atoms with Gasteiger partial charge in [-0.1, -0.05) is 0 Å². The van der Waals surface area contributed by atoms with E-state index in [-0.39, 0.29) is 11.8 Å². The maximum absolute atomic E-state index is 11.6. The largest absolute Gasteiger partial charge is 0.481 e. The fourth-order valence-corrected chi connectivity index (χ4v) is 2.93. The number of carbonyl (C=O) groups is 2. The summed E-state index contributed by atoms with van der Waals surface area (Å²) < 4.78 is 0. The number of fused-ring (bicyclic) bond motifs is 2. The third-order valence-electron chi connectivity index (χ3n) is 3.96. The highest BCUT2D eigenvalue weighted by molar-refractivity contribution is 6.01. The summed E-state index contributed by atoms with van der Waals surface area (Å²) in [7, 11) is 1.93. The minimum Gasteiger partial charge on any atom is -0.481 e. The van der Waals surface area contributed by atoms with Gasteiger partial charge in [0.2, 0.25) is 0 Å². The van der Waals surface area contributed by atoms with Crippen molar-refractivity contribution >= 4 is 11.8 Å². The number of carboxylic acids is 1. The molecule has 3 atom stereocenters. The van der Waals surface area contributed by atoms with Crippen molar-refractivity contribution in [2.75, 3.05) is 7.05 Å². The van der Waals surface area contributed by atoms with E-state index in [0.29, 0.717) is 6.42 Å². The Balaban J connectivity index is 2.40. The van der Waals surface area contributed by atoms with Crippen molar-refractivity contribution in [1.82, 2.24) is 4.90 Å². The number of carboxylic acid groups (broad SMARTS) is 1. The molecular weight excluding hydrogens is 182 g/mol. The van der Waals surface area contributed by atoms with Crippen LogP contribution in [0.1, 0.15) is 26.2 Å². The highest BCUT2D eigenvalue weighted by Crippen LogP contribution is 2.44. The van der Waals surface area contributed by atoms with Crippen LogP contribution in [-0.4, -0.2) is 40.4 Å². The summed E-state index contributed by atoms with van der Waals surface area (Å²) in [4.78, 5) is 24.8. The topological polar surface area (TPSA) is 57.6 Å². The van der Waals surface area contributed by atoms with Crippen molar-refractivity contribution in [2.24, 2.45) is 5.92 Å². The summed E-state index contributed by atoms with van der Waals surface area (Å²) in [5, 5.41) is 9.06. The normalized spacial score (nSPS) is 42.9. The Labute approximate surface area is 82.9 Å². The number of ketones is 1. The molecule has 0 spiro atoms. The highest BCUT2D eigenvalue weighted by Gasteiger charge is 2.56. The average Bonchev–Trinajstić information content (AvgIpc) is 2.31. The molecule has 2 bridgehead atoms. The molecule has 2 fully saturated rings. The number of hydrogen-bond donors (Lipinski definition) is 1. The SMILES string of the molecule is CN1[C@H]2CC[C@]1(C)C(C(=O)O)C(=O)C2. The molecule has 1 N–H and O–H groups in total. The lowest BCUT2D eigenvalue weighted by Crippen LogP contribution is -2.58. The number of rotatable bonds is 1. The van der Waals surface area contributed by atoms with Gasteiger partial charge in [-0.05, 0) is 26.8 Å². The Hall–Kier alpha value is -0.900. The zero-order chi connectivity index (χ0) is 10.5. The molecule has 1 unspecified atom stereocenters. The molecule has 2 rings (SSSR count). The van der Waals surface area contributed by atoms with Crippen LogP contribution in [0.15, 0.2) is 0 Å². The quantitative estimate of drug-likeness (QED) is 0.622. The molecule has 4 nitrogen and oxygen atoms in total. The molecule has 4 heteroatoms. The Kier molecular flexibility index (Phi) is 1.93. The van der Waals surface area contributed by atoms with E-state index in [1.807, 2.05) is 14.0 Å². The second-order valence-electron chi connectivity index (χ2n) is 4.60. The van der Waals surface area contributed by atoms with Crippen molar-refractivity contribution in [1.29, 1.82) is 0 Å². The van der Waals surface area contributed by atoms with E-state index in [2.05, 4.69) is 4.90 Å². The maximum atomic E-state index is 11.6. The number of aliphatic carboxylic acids is 1. The molecule has 0 aromatic heterocycles. The summed E-state index contributed by atoms with van der Waals surface area (Å²) in [6.45, 7) is 1.89. The van der Waals surface area contributed by atoms with Gasteiger partial charge in [-0.2, -0.15) is 0 Å². The summed E-state index contributed by atoms with van der Waals surface area (Å²) in [6, 6.07) is 0.267. The van der Waals surface area contributed by atoms with Crippen molar-refractivity contribution in [3.05, 3.63) is 0 Å². The van der Waals surface area contributed by atoms with E-state index >= 15 is 0 Å². The van der Waals surface area contributed by atoms with Gasteiger partial charge < -0.3 is 5.11 Å². The number of carbonyl (C=O) groups excluding carboxylic acids is 1. The van der Waals surface area contributed by atoms with Gasteiger partial charge in [-0.3, -0.25) is 14.5 Å². The van der Waals surface area contributed by atoms with E-state index < -0.39 is 17.4 Å². The fraction of sp³-hybridized carbons (Fsp3) is 0.800. The molecule has 2 aliphatic rings. The standard InChI is InChI=1S/C10H15NO3/c1-10-4-3-6(11(10)2)5-7(12)8(10)9(13)14/h6,8H,3-5H2,1-2H3,(H,13,14)/t6-,8?,10+/m0/s1. The van der Waals surface area contributed by atoms with E-state index in [4.69, 9.17) is 5.11 Å². The van der Waals surface area contributed by atoms with Crippen LogP contribution < -0.4 is 0 Å². The van der Waals surface area contributed by atoms with Crippen LogP contribution in [0, 0.1) is 5.92 Å². The molecule has 78 valence electrons. The molecule has 2 saturated heterocycles. The summed E-state index contributed by atoms with van der Waals surface area (Å²) in [5.41, 5.74) is -0.453. The molecular formula is C10H15NO3. The molecule has 14 heavy (non-hydrogen) atoms. The van der Waals surface area contributed by atoms with Gasteiger partial charge in [0, 0.05) is 18.0 Å². The second kappa shape index (κ2) is 2.79. The first-order chi connectivity index (χ1) is 6.47. The smallest absolute Gasteiger partial charge is 0.315 e. The van der Waals surface area contributed by atoms with Gasteiger partial charge in [0.15, 0.2) is 5.78 Å². The molecule has 0 aromatic rings. The molecule has 0 amide bonds. The van der Waals surface area contributed by atoms with Crippen molar-refractivity contribution in [3.8, 4) is 0 Å². The molecule has 0 aliphatic carbocycles. The van der Waals surface area contributed by atoms with Crippen LogP contribution in [0.5, 0.6) is 0 Å². The number of piperidine rings is 1. The Morgan fingerprint density at radius 3 is 2.86 bits per heavy atom. The predicted molar refractivity (Wildman–Crippen MR) is 49.9 cm³/mol. The van der Waals surface area contributed by atoms with Gasteiger partial charge in [-0.25, -0.2) is 0 Å². The summed E-state index contributed by atoms with van der Waals surface area (Å²) >= 11 is 0. The molecule has 0 aromatic carbocycles. The number of hydrogen-bond acceptors (Lipinski definition) is 3. The number of nitrogens with zero attached hydrogens (tertiary/aromatic N) is 1. The van der Waals surface area contributed by atoms with Crippen LogP contribution in [-0.2, 0) is 9.59 Å². The van der Waals surface area contributed by atoms with Gasteiger partial charge in [-0.15, -0.1) is 0 Å². The van der Waals surface area contributed by atoms with Crippen LogP contribution >= 0.6 is 0 Å². The fourth-order valence-electron chi connectivity index (χ4n) is 2.93. The Morgan fingerprint density at radius 1 is 1.64 bits per heavy atom. The van der Waals surface area contributed by atoms with Crippen LogP contribution in [0.4, 0.5) is 0 Å². The average molecular weight is 197 g/mol. The molecule has 2 heterocycles. The lowest BCUT2D eigenvalue weighted by atomic mass is 9.78. The first kappa shape index (κ1) is 9.65. The van der Waals surface area contributed by atoms with Crippen LogP contribution in [0.2, 0.25) is 0 Å². The van der Waals surface area contributed by atoms with Gasteiger partial charge in [0.05, 0.1) is 0 Å². The lowest BCUT2D eigenvalue weighted by molar-refractivity contribution is -0.155. The lowest BCUT2D eigenvalue weighted by Gasteiger charge is -2.43. The van der Waals surface area contributed by atoms with E-state index in [1.165, 1.54) is 0 Å². The zero-order valence-electron chi connectivity index (χ0n) is 8.49. The molecule has 2 aliphatic heterocycles. The van der Waals surface area contributed by atoms with Crippen molar-refractivity contribution in [3.63, 3.8) is 0 Å². The van der Waals surface area contributed by atoms with Gasteiger partial charge >= 0.3 is 5.97 Å².